The molecule has 0 aliphatic heterocycles. The summed E-state index contributed by atoms with van der Waals surface area (Å²) in [5.41, 5.74) is 6.11. The third-order valence-corrected chi connectivity index (χ3v) is 4.53. The molecule has 0 saturated carbocycles. The minimum atomic E-state index is 0. The highest BCUT2D eigenvalue weighted by atomic mass is 79.9. The number of rotatable bonds is 3. The number of nitrogens with zero attached hydrogens (tertiary/aromatic N) is 2. The van der Waals surface area contributed by atoms with Crippen molar-refractivity contribution in [3.63, 3.8) is 0 Å². The number of fused-ring (bicyclic) bond motifs is 3. The Balaban J connectivity index is 0.00000156. The monoisotopic (exact) mass is 430 g/mol. The number of halogens is 2. The van der Waals surface area contributed by atoms with Gasteiger partial charge in [-0.25, -0.2) is 0 Å². The molecule has 2 aromatic carbocycles. The first-order valence-electron chi connectivity index (χ1n) is 7.24. The fourth-order valence-electron chi connectivity index (χ4n) is 2.99. The van der Waals surface area contributed by atoms with Gasteiger partial charge in [0.25, 0.3) is 0 Å². The van der Waals surface area contributed by atoms with Crippen LogP contribution in [0.5, 0.6) is 0 Å². The predicted octanol–water partition coefficient (Wildman–Crippen LogP) is 6.09. The maximum atomic E-state index is 3.89. The number of allylic oxidation sites excluding steroid dienone is 1. The van der Waals surface area contributed by atoms with E-state index in [1.165, 1.54) is 27.8 Å². The molecule has 4 aromatic rings. The molecule has 23 heavy (non-hydrogen) atoms. The van der Waals surface area contributed by atoms with Crippen LogP contribution in [0.2, 0.25) is 0 Å². The number of hydrogen-bond donors (Lipinski definition) is 0. The first kappa shape index (κ1) is 16.1. The first-order valence-corrected chi connectivity index (χ1v) is 8.03. The summed E-state index contributed by atoms with van der Waals surface area (Å²) >= 11 is 3.49. The van der Waals surface area contributed by atoms with Crippen LogP contribution in [-0.2, 0) is 6.54 Å². The third kappa shape index (κ3) is 2.66. The molecule has 0 amide bonds. The molecule has 0 bridgehead atoms. The van der Waals surface area contributed by atoms with Crippen molar-refractivity contribution in [3.05, 3.63) is 77.9 Å². The van der Waals surface area contributed by atoms with E-state index in [0.717, 1.165) is 11.0 Å². The van der Waals surface area contributed by atoms with Gasteiger partial charge in [0.1, 0.15) is 5.65 Å². The van der Waals surface area contributed by atoms with Gasteiger partial charge in [0.15, 0.2) is 0 Å². The van der Waals surface area contributed by atoms with Crippen molar-refractivity contribution < 1.29 is 0 Å². The Kier molecular flexibility index (Phi) is 4.46. The first-order chi connectivity index (χ1) is 10.8. The second-order valence-electron chi connectivity index (χ2n) is 5.35. The summed E-state index contributed by atoms with van der Waals surface area (Å²) in [5.74, 6) is 0. The lowest BCUT2D eigenvalue weighted by molar-refractivity contribution is 0.889. The Morgan fingerprint density at radius 1 is 0.957 bits per heavy atom. The summed E-state index contributed by atoms with van der Waals surface area (Å²) in [4.78, 5) is 0. The molecule has 0 saturated heterocycles. The summed E-state index contributed by atoms with van der Waals surface area (Å²) < 4.78 is 5.66. The van der Waals surface area contributed by atoms with E-state index in [1.807, 2.05) is 6.08 Å². The lowest BCUT2D eigenvalue weighted by Crippen LogP contribution is -1.93. The molecule has 116 valence electrons. The molecule has 0 aliphatic carbocycles. The van der Waals surface area contributed by atoms with Gasteiger partial charge in [0.2, 0.25) is 0 Å². The van der Waals surface area contributed by atoms with Crippen LogP contribution in [0.3, 0.4) is 0 Å². The van der Waals surface area contributed by atoms with Crippen LogP contribution in [0.25, 0.3) is 27.8 Å². The average molecular weight is 432 g/mol. The van der Waals surface area contributed by atoms with Gasteiger partial charge in [0, 0.05) is 22.8 Å². The van der Waals surface area contributed by atoms with Crippen molar-refractivity contribution >= 4 is 49.6 Å². The van der Waals surface area contributed by atoms with E-state index in [4.69, 9.17) is 0 Å². The number of hydrogen-bond acceptors (Lipinski definition) is 0. The van der Waals surface area contributed by atoms with Gasteiger partial charge in [0.05, 0.1) is 11.0 Å². The average Bonchev–Trinajstić information content (AvgIpc) is 3.08. The molecular formula is C19H16Br2N2. The minimum absolute atomic E-state index is 0. The zero-order valence-corrected chi connectivity index (χ0v) is 15.7. The lowest BCUT2D eigenvalue weighted by Gasteiger charge is -2.01. The highest BCUT2D eigenvalue weighted by Crippen LogP contribution is 2.29. The van der Waals surface area contributed by atoms with E-state index < -0.39 is 0 Å². The SMILES string of the molecule is Br.C=CCn1c2ccccc2n2cc(-c3ccc(Br)cc3)cc12. The van der Waals surface area contributed by atoms with Crippen LogP contribution in [0, 0.1) is 0 Å². The normalized spacial score (nSPS) is 10.8. The van der Waals surface area contributed by atoms with Crippen LogP contribution in [0.15, 0.2) is 77.9 Å². The number of imidazole rings is 1. The predicted molar refractivity (Wildman–Crippen MR) is 107 cm³/mol. The molecule has 0 fully saturated rings. The van der Waals surface area contributed by atoms with Gasteiger partial charge < -0.3 is 8.97 Å². The number of aromatic nitrogens is 2. The van der Waals surface area contributed by atoms with Gasteiger partial charge >= 0.3 is 0 Å². The smallest absolute Gasteiger partial charge is 0.118 e. The Hall–Kier alpha value is -1.78. The van der Waals surface area contributed by atoms with E-state index >= 15 is 0 Å². The number of benzene rings is 2. The van der Waals surface area contributed by atoms with Crippen LogP contribution in [0.1, 0.15) is 0 Å². The highest BCUT2D eigenvalue weighted by molar-refractivity contribution is 9.10. The quantitative estimate of drug-likeness (QED) is 0.347. The summed E-state index contributed by atoms with van der Waals surface area (Å²) in [7, 11) is 0. The second kappa shape index (κ2) is 6.38. The summed E-state index contributed by atoms with van der Waals surface area (Å²) in [5, 5.41) is 0. The van der Waals surface area contributed by atoms with E-state index in [2.05, 4.69) is 92.3 Å². The Bertz CT molecular complexity index is 978. The van der Waals surface area contributed by atoms with E-state index in [1.54, 1.807) is 0 Å². The molecule has 0 atom stereocenters. The third-order valence-electron chi connectivity index (χ3n) is 4.00. The molecule has 0 radical (unpaired) electrons. The molecule has 0 N–H and O–H groups in total. The van der Waals surface area contributed by atoms with E-state index in [9.17, 15) is 0 Å². The highest BCUT2D eigenvalue weighted by Gasteiger charge is 2.11. The van der Waals surface area contributed by atoms with Crippen molar-refractivity contribution in [1.29, 1.82) is 0 Å². The van der Waals surface area contributed by atoms with E-state index in [0.29, 0.717) is 0 Å². The van der Waals surface area contributed by atoms with Gasteiger partial charge in [-0.15, -0.1) is 23.6 Å². The second-order valence-corrected chi connectivity index (χ2v) is 6.27. The van der Waals surface area contributed by atoms with Crippen LogP contribution in [-0.4, -0.2) is 8.97 Å². The molecule has 2 aromatic heterocycles. The minimum Gasteiger partial charge on any atom is -0.322 e. The zero-order chi connectivity index (χ0) is 15.1. The molecule has 4 rings (SSSR count). The fourth-order valence-corrected chi connectivity index (χ4v) is 3.26. The Morgan fingerprint density at radius 2 is 1.65 bits per heavy atom. The zero-order valence-electron chi connectivity index (χ0n) is 12.4. The van der Waals surface area contributed by atoms with Crippen LogP contribution < -0.4 is 0 Å². The van der Waals surface area contributed by atoms with Crippen molar-refractivity contribution in [2.45, 2.75) is 6.54 Å². The summed E-state index contributed by atoms with van der Waals surface area (Å²) in [6.45, 7) is 4.69. The topological polar surface area (TPSA) is 9.34 Å². The lowest BCUT2D eigenvalue weighted by atomic mass is 10.1. The maximum absolute atomic E-state index is 3.89. The maximum Gasteiger partial charge on any atom is 0.118 e. The van der Waals surface area contributed by atoms with Gasteiger partial charge in [-0.1, -0.05) is 46.3 Å². The molecule has 0 aliphatic rings. The van der Waals surface area contributed by atoms with Gasteiger partial charge in [-0.3, -0.25) is 0 Å². The molecule has 4 heteroatoms. The Labute approximate surface area is 153 Å². The molecule has 2 heterocycles. The van der Waals surface area contributed by atoms with Crippen molar-refractivity contribution in [1.82, 2.24) is 8.97 Å². The standard InChI is InChI=1S/C19H15BrN2.BrH/c1-2-11-21-17-5-3-4-6-18(17)22-13-15(12-19(21)22)14-7-9-16(20)10-8-14;/h2-10,12-13H,1,11H2;1H. The molecule has 0 spiro atoms. The molecule has 0 unspecified atom stereocenters. The van der Waals surface area contributed by atoms with E-state index in [-0.39, 0.29) is 17.0 Å². The summed E-state index contributed by atoms with van der Waals surface area (Å²) in [6.07, 6.45) is 4.15. The molecular weight excluding hydrogens is 416 g/mol. The van der Waals surface area contributed by atoms with Crippen LogP contribution in [0.4, 0.5) is 0 Å². The Morgan fingerprint density at radius 3 is 2.35 bits per heavy atom. The largest absolute Gasteiger partial charge is 0.322 e. The van der Waals surface area contributed by atoms with Crippen molar-refractivity contribution in [2.75, 3.05) is 0 Å². The van der Waals surface area contributed by atoms with Gasteiger partial charge in [-0.2, -0.15) is 0 Å². The fraction of sp³-hybridized carbons (Fsp3) is 0.0526. The summed E-state index contributed by atoms with van der Waals surface area (Å²) in [6, 6.07) is 19.2. The van der Waals surface area contributed by atoms with Crippen molar-refractivity contribution in [2.24, 2.45) is 0 Å². The van der Waals surface area contributed by atoms with Crippen LogP contribution >= 0.6 is 32.9 Å². The van der Waals surface area contributed by atoms with Gasteiger partial charge in [-0.05, 0) is 35.9 Å². The van der Waals surface area contributed by atoms with Crippen molar-refractivity contribution in [3.8, 4) is 11.1 Å². The molecule has 2 nitrogen and oxygen atoms in total. The number of para-hydroxylation sites is 2.